The lowest BCUT2D eigenvalue weighted by atomic mass is 10.3. The van der Waals surface area contributed by atoms with E-state index >= 15 is 0 Å². The number of hydrogen-bond donors (Lipinski definition) is 1. The number of aliphatic carboxylic acids is 1. The average molecular weight is 280 g/mol. The summed E-state index contributed by atoms with van der Waals surface area (Å²) in [6.45, 7) is 3.83. The zero-order valence-electron chi connectivity index (χ0n) is 10.0. The summed E-state index contributed by atoms with van der Waals surface area (Å²) < 4.78 is 0.838. The zero-order chi connectivity index (χ0) is 13.1. The molecule has 0 saturated heterocycles. The maximum atomic E-state index is 10.7. The summed E-state index contributed by atoms with van der Waals surface area (Å²) in [7, 11) is 0. The van der Waals surface area contributed by atoms with E-state index in [1.165, 1.54) is 23.1 Å². The molecule has 94 valence electrons. The molecule has 0 amide bonds. The lowest BCUT2D eigenvalue weighted by Crippen LogP contribution is -1.99. The second kappa shape index (κ2) is 5.49. The Morgan fingerprint density at radius 3 is 2.94 bits per heavy atom. The highest BCUT2D eigenvalue weighted by Gasteiger charge is 2.12. The van der Waals surface area contributed by atoms with Crippen molar-refractivity contribution in [3.8, 4) is 0 Å². The Labute approximate surface area is 113 Å². The van der Waals surface area contributed by atoms with Crippen molar-refractivity contribution < 1.29 is 9.90 Å². The van der Waals surface area contributed by atoms with Crippen LogP contribution in [0.3, 0.4) is 0 Å². The summed E-state index contributed by atoms with van der Waals surface area (Å²) in [6, 6.07) is 3.89. The number of rotatable bonds is 4. The Bertz CT molecular complexity index is 581. The molecular weight excluding hydrogens is 268 g/mol. The third kappa shape index (κ3) is 3.08. The third-order valence-electron chi connectivity index (χ3n) is 2.33. The fourth-order valence-electron chi connectivity index (χ4n) is 1.41. The maximum Gasteiger partial charge on any atom is 0.308 e. The van der Waals surface area contributed by atoms with E-state index in [1.54, 1.807) is 6.20 Å². The molecule has 0 radical (unpaired) electrons. The first kappa shape index (κ1) is 13.0. The number of aryl methyl sites for hydroxylation is 2. The number of carboxylic acid groups (broad SMARTS) is 1. The fourth-order valence-corrected chi connectivity index (χ4v) is 3.59. The van der Waals surface area contributed by atoms with Gasteiger partial charge in [0.2, 0.25) is 0 Å². The van der Waals surface area contributed by atoms with Crippen LogP contribution in [0.2, 0.25) is 0 Å². The van der Waals surface area contributed by atoms with Crippen molar-refractivity contribution in [2.24, 2.45) is 0 Å². The molecule has 0 aromatic carbocycles. The number of thiazole rings is 1. The first-order chi connectivity index (χ1) is 8.56. The number of pyridine rings is 1. The Balaban J connectivity index is 2.20. The number of nitrogens with zero attached hydrogens (tertiary/aromatic N) is 2. The van der Waals surface area contributed by atoms with E-state index in [-0.39, 0.29) is 6.42 Å². The fraction of sp³-hybridized carbons (Fsp3) is 0.250. The Morgan fingerprint density at radius 1 is 1.50 bits per heavy atom. The monoisotopic (exact) mass is 280 g/mol. The van der Waals surface area contributed by atoms with E-state index in [1.807, 2.05) is 26.0 Å². The van der Waals surface area contributed by atoms with Crippen molar-refractivity contribution >= 4 is 29.1 Å². The van der Waals surface area contributed by atoms with Gasteiger partial charge in [0.1, 0.15) is 5.03 Å². The Hall–Kier alpha value is -1.40. The van der Waals surface area contributed by atoms with Crippen molar-refractivity contribution in [2.45, 2.75) is 29.6 Å². The van der Waals surface area contributed by atoms with Crippen LogP contribution in [-0.2, 0) is 11.2 Å². The summed E-state index contributed by atoms with van der Waals surface area (Å²) in [5.41, 5.74) is 1.88. The quantitative estimate of drug-likeness (QED) is 0.933. The molecule has 0 aliphatic rings. The molecule has 2 heterocycles. The lowest BCUT2D eigenvalue weighted by Gasteiger charge is -1.99. The van der Waals surface area contributed by atoms with Crippen molar-refractivity contribution in [3.63, 3.8) is 0 Å². The number of carbonyl (C=O) groups is 1. The molecule has 0 atom stereocenters. The largest absolute Gasteiger partial charge is 0.481 e. The van der Waals surface area contributed by atoms with Crippen LogP contribution >= 0.6 is 23.1 Å². The van der Waals surface area contributed by atoms with Gasteiger partial charge in [-0.05, 0) is 37.2 Å². The first-order valence-electron chi connectivity index (χ1n) is 5.34. The second-order valence-electron chi connectivity index (χ2n) is 3.79. The number of carboxylic acids is 1. The maximum absolute atomic E-state index is 10.7. The smallest absolute Gasteiger partial charge is 0.308 e. The Morgan fingerprint density at radius 2 is 2.28 bits per heavy atom. The SMILES string of the molecule is Cc1cccnc1Sc1nc(C)c(CC(=O)O)s1. The van der Waals surface area contributed by atoms with Crippen LogP contribution < -0.4 is 0 Å². The molecule has 0 aliphatic carbocycles. The van der Waals surface area contributed by atoms with Crippen LogP contribution in [0.25, 0.3) is 0 Å². The minimum absolute atomic E-state index is 0.0330. The van der Waals surface area contributed by atoms with Gasteiger partial charge in [0, 0.05) is 11.1 Å². The molecule has 0 fully saturated rings. The second-order valence-corrected chi connectivity index (χ2v) is 6.11. The van der Waals surface area contributed by atoms with Crippen LogP contribution in [0, 0.1) is 13.8 Å². The van der Waals surface area contributed by atoms with Crippen LogP contribution in [0.15, 0.2) is 27.7 Å². The van der Waals surface area contributed by atoms with Crippen molar-refractivity contribution in [1.82, 2.24) is 9.97 Å². The van der Waals surface area contributed by atoms with Crippen molar-refractivity contribution in [3.05, 3.63) is 34.5 Å². The normalized spacial score (nSPS) is 10.6. The van der Waals surface area contributed by atoms with Gasteiger partial charge in [-0.3, -0.25) is 4.79 Å². The molecule has 18 heavy (non-hydrogen) atoms. The van der Waals surface area contributed by atoms with Gasteiger partial charge in [-0.25, -0.2) is 9.97 Å². The summed E-state index contributed by atoms with van der Waals surface area (Å²) in [4.78, 5) is 20.2. The molecule has 0 aliphatic heterocycles. The molecule has 1 N–H and O–H groups in total. The van der Waals surface area contributed by atoms with E-state index in [4.69, 9.17) is 5.11 Å². The van der Waals surface area contributed by atoms with Gasteiger partial charge in [0.15, 0.2) is 4.34 Å². The van der Waals surface area contributed by atoms with Crippen LogP contribution in [0.4, 0.5) is 0 Å². The molecule has 0 spiro atoms. The lowest BCUT2D eigenvalue weighted by molar-refractivity contribution is -0.136. The topological polar surface area (TPSA) is 63.1 Å². The van der Waals surface area contributed by atoms with E-state index in [2.05, 4.69) is 9.97 Å². The summed E-state index contributed by atoms with van der Waals surface area (Å²) in [5.74, 6) is -0.827. The highest BCUT2D eigenvalue weighted by Crippen LogP contribution is 2.33. The van der Waals surface area contributed by atoms with Gasteiger partial charge >= 0.3 is 5.97 Å². The van der Waals surface area contributed by atoms with Gasteiger partial charge in [0.25, 0.3) is 0 Å². The minimum Gasteiger partial charge on any atom is -0.481 e. The molecular formula is C12H12N2O2S2. The van der Waals surface area contributed by atoms with Crippen LogP contribution in [0.1, 0.15) is 16.1 Å². The van der Waals surface area contributed by atoms with Crippen LogP contribution in [-0.4, -0.2) is 21.0 Å². The third-order valence-corrected chi connectivity index (χ3v) is 4.67. The van der Waals surface area contributed by atoms with Gasteiger partial charge in [-0.2, -0.15) is 0 Å². The molecule has 2 aromatic rings. The molecule has 0 bridgehead atoms. The van der Waals surface area contributed by atoms with Gasteiger partial charge < -0.3 is 5.11 Å². The predicted octanol–water partition coefficient (Wildman–Crippen LogP) is 2.93. The highest BCUT2D eigenvalue weighted by molar-refractivity contribution is 8.01. The zero-order valence-corrected chi connectivity index (χ0v) is 11.6. The summed E-state index contributed by atoms with van der Waals surface area (Å²) in [6.07, 6.45) is 1.78. The van der Waals surface area contributed by atoms with Crippen LogP contribution in [0.5, 0.6) is 0 Å². The Kier molecular flexibility index (Phi) is 3.98. The minimum atomic E-state index is -0.827. The first-order valence-corrected chi connectivity index (χ1v) is 6.97. The van der Waals surface area contributed by atoms with E-state index < -0.39 is 5.97 Å². The molecule has 6 heteroatoms. The molecule has 2 rings (SSSR count). The highest BCUT2D eigenvalue weighted by atomic mass is 32.2. The molecule has 2 aromatic heterocycles. The molecule has 0 saturated carbocycles. The average Bonchev–Trinajstić information content (AvgIpc) is 2.62. The van der Waals surface area contributed by atoms with Crippen molar-refractivity contribution in [2.75, 3.05) is 0 Å². The predicted molar refractivity (Wildman–Crippen MR) is 71.3 cm³/mol. The van der Waals surface area contributed by atoms with Gasteiger partial charge in [-0.15, -0.1) is 11.3 Å². The number of hydrogen-bond acceptors (Lipinski definition) is 5. The molecule has 4 nitrogen and oxygen atoms in total. The van der Waals surface area contributed by atoms with Crippen molar-refractivity contribution in [1.29, 1.82) is 0 Å². The van der Waals surface area contributed by atoms with E-state index in [9.17, 15) is 4.79 Å². The van der Waals surface area contributed by atoms with E-state index in [0.29, 0.717) is 0 Å². The summed E-state index contributed by atoms with van der Waals surface area (Å²) in [5, 5.41) is 9.70. The van der Waals surface area contributed by atoms with E-state index in [0.717, 1.165) is 25.5 Å². The number of aromatic nitrogens is 2. The molecule has 0 unspecified atom stereocenters. The summed E-state index contributed by atoms with van der Waals surface area (Å²) >= 11 is 2.90. The van der Waals surface area contributed by atoms with Gasteiger partial charge in [-0.1, -0.05) is 6.07 Å². The standard InChI is InChI=1S/C12H12N2O2S2/c1-7-4-3-5-13-11(7)18-12-14-8(2)9(17-12)6-10(15)16/h3-5H,6H2,1-2H3,(H,15,16). The van der Waals surface area contributed by atoms with Gasteiger partial charge in [0.05, 0.1) is 12.1 Å².